The first-order chi connectivity index (χ1) is 10.5. The number of nitrogens with two attached hydrogens (primary N) is 1. The van der Waals surface area contributed by atoms with Gasteiger partial charge in [-0.2, -0.15) is 0 Å². The van der Waals surface area contributed by atoms with Crippen LogP contribution in [0.3, 0.4) is 0 Å². The van der Waals surface area contributed by atoms with Gasteiger partial charge in [0.15, 0.2) is 12.1 Å². The van der Waals surface area contributed by atoms with Crippen LogP contribution < -0.4 is 5.73 Å². The van der Waals surface area contributed by atoms with Gasteiger partial charge in [-0.25, -0.2) is 0 Å². The number of hydrogen-bond donors (Lipinski definition) is 2. The van der Waals surface area contributed by atoms with E-state index in [9.17, 15) is 5.11 Å². The molecule has 2 heterocycles. The lowest BCUT2D eigenvalue weighted by Gasteiger charge is -2.49. The Morgan fingerprint density at radius 2 is 2.05 bits per heavy atom. The minimum Gasteiger partial charge on any atom is -0.388 e. The van der Waals surface area contributed by atoms with Gasteiger partial charge in [-0.15, -0.1) is 0 Å². The van der Waals surface area contributed by atoms with Gasteiger partial charge in [0.2, 0.25) is 0 Å². The van der Waals surface area contributed by atoms with E-state index in [0.29, 0.717) is 13.2 Å². The van der Waals surface area contributed by atoms with Gasteiger partial charge in [0, 0.05) is 0 Å². The van der Waals surface area contributed by atoms with Crippen LogP contribution in [0.1, 0.15) is 19.4 Å². The molecular weight excluding hydrogens is 286 g/mol. The lowest BCUT2D eigenvalue weighted by Crippen LogP contribution is -2.67. The number of fused-ring (bicyclic) bond motifs is 1. The molecule has 0 aliphatic carbocycles. The van der Waals surface area contributed by atoms with Crippen LogP contribution in [0, 0.1) is 0 Å². The zero-order valence-corrected chi connectivity index (χ0v) is 12.8. The van der Waals surface area contributed by atoms with E-state index in [-0.39, 0.29) is 6.10 Å². The summed E-state index contributed by atoms with van der Waals surface area (Å²) in [5, 5.41) is 10.4. The van der Waals surface area contributed by atoms with Gasteiger partial charge < -0.3 is 29.8 Å². The monoisotopic (exact) mass is 309 g/mol. The zero-order valence-electron chi connectivity index (χ0n) is 12.8. The first-order valence-corrected chi connectivity index (χ1v) is 7.53. The Kier molecular flexibility index (Phi) is 4.49. The number of ether oxygens (including phenoxy) is 4. The van der Waals surface area contributed by atoms with Gasteiger partial charge >= 0.3 is 0 Å². The van der Waals surface area contributed by atoms with Crippen LogP contribution in [0.15, 0.2) is 30.3 Å². The fourth-order valence-corrected chi connectivity index (χ4v) is 2.77. The minimum atomic E-state index is -0.859. The Hall–Kier alpha value is -1.02. The molecule has 6 nitrogen and oxygen atoms in total. The highest BCUT2D eigenvalue weighted by Gasteiger charge is 2.49. The summed E-state index contributed by atoms with van der Waals surface area (Å²) < 4.78 is 22.9. The molecule has 3 N–H and O–H groups in total. The van der Waals surface area contributed by atoms with E-state index in [1.54, 1.807) is 13.8 Å². The molecule has 6 heteroatoms. The molecule has 0 unspecified atom stereocenters. The molecule has 1 aromatic rings. The SMILES string of the molecule is CC1(C)OC[C@H]2O[C@@H](OCc3ccccc3)[C@H](N)[C@@H](O)[C@@H]2O1. The molecule has 122 valence electrons. The maximum absolute atomic E-state index is 10.4. The molecule has 1 aromatic carbocycles. The van der Waals surface area contributed by atoms with Gasteiger partial charge in [0.05, 0.1) is 19.3 Å². The Labute approximate surface area is 130 Å². The Balaban J connectivity index is 1.63. The lowest BCUT2D eigenvalue weighted by molar-refractivity contribution is -0.368. The largest absolute Gasteiger partial charge is 0.388 e. The smallest absolute Gasteiger partial charge is 0.176 e. The summed E-state index contributed by atoms with van der Waals surface area (Å²) in [6, 6.07) is 9.08. The van der Waals surface area contributed by atoms with E-state index < -0.39 is 30.3 Å². The van der Waals surface area contributed by atoms with Crippen molar-refractivity contribution in [3.05, 3.63) is 35.9 Å². The summed E-state index contributed by atoms with van der Waals surface area (Å²) in [5.41, 5.74) is 7.08. The number of aliphatic hydroxyl groups is 1. The average molecular weight is 309 g/mol. The molecular formula is C16H23NO5. The van der Waals surface area contributed by atoms with Crippen molar-refractivity contribution in [2.75, 3.05) is 6.61 Å². The Morgan fingerprint density at radius 3 is 2.77 bits per heavy atom. The average Bonchev–Trinajstić information content (AvgIpc) is 2.51. The maximum Gasteiger partial charge on any atom is 0.176 e. The van der Waals surface area contributed by atoms with Crippen molar-refractivity contribution < 1.29 is 24.1 Å². The first-order valence-electron chi connectivity index (χ1n) is 7.53. The van der Waals surface area contributed by atoms with Crippen molar-refractivity contribution in [3.8, 4) is 0 Å². The summed E-state index contributed by atoms with van der Waals surface area (Å²) >= 11 is 0. The van der Waals surface area contributed by atoms with Gasteiger partial charge in [-0.1, -0.05) is 30.3 Å². The van der Waals surface area contributed by atoms with Crippen molar-refractivity contribution in [2.24, 2.45) is 5.73 Å². The van der Waals surface area contributed by atoms with E-state index in [4.69, 9.17) is 24.7 Å². The second-order valence-corrected chi connectivity index (χ2v) is 6.20. The highest BCUT2D eigenvalue weighted by atomic mass is 16.8. The van der Waals surface area contributed by atoms with Crippen LogP contribution in [0.25, 0.3) is 0 Å². The predicted octanol–water partition coefficient (Wildman–Crippen LogP) is 0.768. The highest BCUT2D eigenvalue weighted by Crippen LogP contribution is 2.32. The van der Waals surface area contributed by atoms with E-state index in [0.717, 1.165) is 5.56 Å². The Morgan fingerprint density at radius 1 is 1.32 bits per heavy atom. The molecule has 0 bridgehead atoms. The second kappa shape index (κ2) is 6.23. The zero-order chi connectivity index (χ0) is 15.7. The van der Waals surface area contributed by atoms with Gasteiger partial charge in [-0.05, 0) is 19.4 Å². The quantitative estimate of drug-likeness (QED) is 0.858. The molecule has 5 atom stereocenters. The van der Waals surface area contributed by atoms with E-state index in [1.165, 1.54) is 0 Å². The van der Waals surface area contributed by atoms with E-state index in [2.05, 4.69) is 0 Å². The molecule has 0 radical (unpaired) electrons. The topological polar surface area (TPSA) is 83.2 Å². The fraction of sp³-hybridized carbons (Fsp3) is 0.625. The van der Waals surface area contributed by atoms with E-state index in [1.807, 2.05) is 30.3 Å². The first kappa shape index (κ1) is 15.9. The van der Waals surface area contributed by atoms with Crippen LogP contribution >= 0.6 is 0 Å². The molecule has 0 amide bonds. The number of rotatable bonds is 3. The third kappa shape index (κ3) is 3.32. The molecule has 0 aromatic heterocycles. The van der Waals surface area contributed by atoms with Gasteiger partial charge in [0.1, 0.15) is 18.3 Å². The second-order valence-electron chi connectivity index (χ2n) is 6.20. The number of benzene rings is 1. The van der Waals surface area contributed by atoms with Crippen LogP contribution in [-0.4, -0.2) is 48.1 Å². The number of aliphatic hydroxyl groups excluding tert-OH is 1. The maximum atomic E-state index is 10.4. The Bertz CT molecular complexity index is 493. The fourth-order valence-electron chi connectivity index (χ4n) is 2.77. The molecule has 2 fully saturated rings. The van der Waals surface area contributed by atoms with Crippen molar-refractivity contribution in [3.63, 3.8) is 0 Å². The van der Waals surface area contributed by atoms with Crippen LogP contribution in [0.5, 0.6) is 0 Å². The van der Waals surface area contributed by atoms with Crippen molar-refractivity contribution in [1.29, 1.82) is 0 Å². The van der Waals surface area contributed by atoms with Crippen molar-refractivity contribution in [1.82, 2.24) is 0 Å². The van der Waals surface area contributed by atoms with Crippen molar-refractivity contribution >= 4 is 0 Å². The lowest BCUT2D eigenvalue weighted by atomic mass is 9.96. The van der Waals surface area contributed by atoms with Crippen LogP contribution in [0.2, 0.25) is 0 Å². The van der Waals surface area contributed by atoms with Crippen LogP contribution in [0.4, 0.5) is 0 Å². The standard InChI is InChI=1S/C16H23NO5/c1-16(2)20-9-11-14(22-16)13(18)12(17)15(21-11)19-8-10-6-4-3-5-7-10/h3-7,11-15,18H,8-9,17H2,1-2H3/t11-,12-,13-,14-,15-/m1/s1. The molecule has 0 saturated carbocycles. The summed E-state index contributed by atoms with van der Waals surface area (Å²) in [6.45, 7) is 4.32. The summed E-state index contributed by atoms with van der Waals surface area (Å²) in [5.74, 6) is -0.747. The predicted molar refractivity (Wildman–Crippen MR) is 78.8 cm³/mol. The summed E-state index contributed by atoms with van der Waals surface area (Å²) in [7, 11) is 0. The molecule has 2 aliphatic heterocycles. The molecule has 2 saturated heterocycles. The third-order valence-electron chi connectivity index (χ3n) is 3.99. The van der Waals surface area contributed by atoms with E-state index >= 15 is 0 Å². The summed E-state index contributed by atoms with van der Waals surface area (Å²) in [4.78, 5) is 0. The van der Waals surface area contributed by atoms with Gasteiger partial charge in [0.25, 0.3) is 0 Å². The molecule has 22 heavy (non-hydrogen) atoms. The van der Waals surface area contributed by atoms with Gasteiger partial charge in [-0.3, -0.25) is 0 Å². The van der Waals surface area contributed by atoms with Crippen molar-refractivity contribution in [2.45, 2.75) is 56.9 Å². The normalized spacial score (nSPS) is 37.5. The molecule has 2 aliphatic rings. The van der Waals surface area contributed by atoms with Crippen LogP contribution in [-0.2, 0) is 25.6 Å². The number of hydrogen-bond acceptors (Lipinski definition) is 6. The molecule has 3 rings (SSSR count). The highest BCUT2D eigenvalue weighted by molar-refractivity contribution is 5.13. The minimum absolute atomic E-state index is 0.340. The third-order valence-corrected chi connectivity index (χ3v) is 3.99. The summed E-state index contributed by atoms with van der Waals surface area (Å²) in [6.07, 6.45) is -2.44. The molecule has 0 spiro atoms.